The van der Waals surface area contributed by atoms with Gasteiger partial charge >= 0.3 is 5.97 Å². The van der Waals surface area contributed by atoms with Gasteiger partial charge in [-0.1, -0.05) is 43.7 Å². The van der Waals surface area contributed by atoms with Gasteiger partial charge in [0.2, 0.25) is 5.91 Å². The van der Waals surface area contributed by atoms with Crippen molar-refractivity contribution in [3.8, 4) is 0 Å². The summed E-state index contributed by atoms with van der Waals surface area (Å²) in [5.74, 6) is -0.545. The Kier molecular flexibility index (Phi) is 6.73. The zero-order valence-electron chi connectivity index (χ0n) is 12.0. The second-order valence-corrected chi connectivity index (χ2v) is 4.65. The highest BCUT2D eigenvalue weighted by molar-refractivity contribution is 5.85. The number of nitrogens with two attached hydrogens (primary N) is 1. The van der Waals surface area contributed by atoms with Gasteiger partial charge in [0.05, 0.1) is 7.11 Å². The van der Waals surface area contributed by atoms with Crippen LogP contribution in [0.4, 0.5) is 0 Å². The van der Waals surface area contributed by atoms with Gasteiger partial charge < -0.3 is 15.8 Å². The summed E-state index contributed by atoms with van der Waals surface area (Å²) < 4.78 is 4.75. The van der Waals surface area contributed by atoms with Crippen LogP contribution in [0.25, 0.3) is 0 Å². The molecule has 2 atom stereocenters. The van der Waals surface area contributed by atoms with Gasteiger partial charge in [0.1, 0.15) is 0 Å². The SMILES string of the molecule is CCC(CN)CC(=O)NC(C(=O)OC)c1ccccc1. The van der Waals surface area contributed by atoms with E-state index in [0.29, 0.717) is 18.5 Å². The van der Waals surface area contributed by atoms with Crippen LogP contribution in [0.1, 0.15) is 31.4 Å². The lowest BCUT2D eigenvalue weighted by atomic mass is 10.0. The largest absolute Gasteiger partial charge is 0.467 e. The van der Waals surface area contributed by atoms with Crippen molar-refractivity contribution in [3.63, 3.8) is 0 Å². The van der Waals surface area contributed by atoms with Crippen molar-refractivity contribution >= 4 is 11.9 Å². The summed E-state index contributed by atoms with van der Waals surface area (Å²) in [6.45, 7) is 2.44. The lowest BCUT2D eigenvalue weighted by Crippen LogP contribution is -2.36. The van der Waals surface area contributed by atoms with Crippen molar-refractivity contribution in [2.45, 2.75) is 25.8 Å². The highest BCUT2D eigenvalue weighted by Crippen LogP contribution is 2.15. The normalized spacial score (nSPS) is 13.3. The quantitative estimate of drug-likeness (QED) is 0.739. The van der Waals surface area contributed by atoms with Crippen LogP contribution in [0.3, 0.4) is 0 Å². The maximum absolute atomic E-state index is 12.0. The molecule has 0 aliphatic heterocycles. The standard InChI is InChI=1S/C15H22N2O3/c1-3-11(10-16)9-13(18)17-14(15(19)20-2)12-7-5-4-6-8-12/h4-8,11,14H,3,9-10,16H2,1-2H3,(H,17,18). The first-order valence-electron chi connectivity index (χ1n) is 6.74. The van der Waals surface area contributed by atoms with Crippen LogP contribution < -0.4 is 11.1 Å². The number of carbonyl (C=O) groups is 2. The Morgan fingerprint density at radius 2 is 1.95 bits per heavy atom. The molecule has 0 aromatic heterocycles. The molecular formula is C15H22N2O3. The molecule has 0 heterocycles. The third-order valence-electron chi connectivity index (χ3n) is 3.26. The predicted molar refractivity (Wildman–Crippen MR) is 76.8 cm³/mol. The molecule has 0 spiro atoms. The molecule has 1 amide bonds. The topological polar surface area (TPSA) is 81.4 Å². The Balaban J connectivity index is 2.76. The van der Waals surface area contributed by atoms with E-state index in [1.807, 2.05) is 25.1 Å². The van der Waals surface area contributed by atoms with Crippen molar-refractivity contribution in [1.82, 2.24) is 5.32 Å². The number of hydrogen-bond acceptors (Lipinski definition) is 4. The van der Waals surface area contributed by atoms with Gasteiger partial charge in [-0.25, -0.2) is 4.79 Å². The summed E-state index contributed by atoms with van der Waals surface area (Å²) in [5, 5.41) is 2.71. The summed E-state index contributed by atoms with van der Waals surface area (Å²) in [4.78, 5) is 23.8. The van der Waals surface area contributed by atoms with Crippen LogP contribution in [0, 0.1) is 5.92 Å². The molecule has 0 bridgehead atoms. The summed E-state index contributed by atoms with van der Waals surface area (Å²) in [5.41, 5.74) is 6.29. The van der Waals surface area contributed by atoms with Crippen LogP contribution in [-0.2, 0) is 14.3 Å². The van der Waals surface area contributed by atoms with Crippen molar-refractivity contribution in [2.24, 2.45) is 11.7 Å². The fourth-order valence-electron chi connectivity index (χ4n) is 1.92. The third-order valence-corrected chi connectivity index (χ3v) is 3.26. The Morgan fingerprint density at radius 3 is 2.45 bits per heavy atom. The van der Waals surface area contributed by atoms with Crippen molar-refractivity contribution in [3.05, 3.63) is 35.9 Å². The summed E-state index contributed by atoms with van der Waals surface area (Å²) in [6.07, 6.45) is 1.14. The molecular weight excluding hydrogens is 256 g/mol. The van der Waals surface area contributed by atoms with Crippen molar-refractivity contribution < 1.29 is 14.3 Å². The van der Waals surface area contributed by atoms with Crippen LogP contribution in [0.5, 0.6) is 0 Å². The van der Waals surface area contributed by atoms with E-state index in [2.05, 4.69) is 5.32 Å². The highest BCUT2D eigenvalue weighted by Gasteiger charge is 2.24. The Bertz CT molecular complexity index is 430. The van der Waals surface area contributed by atoms with Gasteiger partial charge in [-0.15, -0.1) is 0 Å². The van der Waals surface area contributed by atoms with Gasteiger partial charge in [-0.05, 0) is 18.0 Å². The maximum Gasteiger partial charge on any atom is 0.333 e. The molecule has 0 aliphatic carbocycles. The molecule has 110 valence electrons. The van der Waals surface area contributed by atoms with Crippen molar-refractivity contribution in [1.29, 1.82) is 0 Å². The van der Waals surface area contributed by atoms with Crippen molar-refractivity contribution in [2.75, 3.05) is 13.7 Å². The molecule has 20 heavy (non-hydrogen) atoms. The second-order valence-electron chi connectivity index (χ2n) is 4.65. The number of benzene rings is 1. The molecule has 0 radical (unpaired) electrons. The summed E-state index contributed by atoms with van der Waals surface area (Å²) in [7, 11) is 1.30. The van der Waals surface area contributed by atoms with Crippen LogP contribution in [0.2, 0.25) is 0 Å². The van der Waals surface area contributed by atoms with Gasteiger partial charge in [-0.2, -0.15) is 0 Å². The summed E-state index contributed by atoms with van der Waals surface area (Å²) in [6, 6.07) is 8.26. The molecule has 0 saturated heterocycles. The second kappa shape index (κ2) is 8.32. The van der Waals surface area contributed by atoms with Crippen LogP contribution in [0.15, 0.2) is 30.3 Å². The first-order chi connectivity index (χ1) is 9.62. The Morgan fingerprint density at radius 1 is 1.30 bits per heavy atom. The number of esters is 1. The number of carbonyl (C=O) groups excluding carboxylic acids is 2. The minimum Gasteiger partial charge on any atom is -0.467 e. The molecule has 1 aromatic carbocycles. The highest BCUT2D eigenvalue weighted by atomic mass is 16.5. The third kappa shape index (κ3) is 4.66. The van der Waals surface area contributed by atoms with Gasteiger partial charge in [0, 0.05) is 6.42 Å². The molecule has 1 rings (SSSR count). The number of ether oxygens (including phenoxy) is 1. The van der Waals surface area contributed by atoms with E-state index >= 15 is 0 Å². The van der Waals surface area contributed by atoms with E-state index < -0.39 is 12.0 Å². The molecule has 0 aliphatic rings. The van der Waals surface area contributed by atoms with Gasteiger partial charge in [0.15, 0.2) is 6.04 Å². The number of methoxy groups -OCH3 is 1. The number of rotatable bonds is 7. The van der Waals surface area contributed by atoms with E-state index in [-0.39, 0.29) is 11.8 Å². The average molecular weight is 278 g/mol. The zero-order chi connectivity index (χ0) is 15.0. The number of amides is 1. The lowest BCUT2D eigenvalue weighted by molar-refractivity contribution is -0.145. The molecule has 5 heteroatoms. The molecule has 0 saturated carbocycles. The number of hydrogen-bond donors (Lipinski definition) is 2. The van der Waals surface area contributed by atoms with Gasteiger partial charge in [0.25, 0.3) is 0 Å². The Hall–Kier alpha value is -1.88. The fraction of sp³-hybridized carbons (Fsp3) is 0.467. The first-order valence-corrected chi connectivity index (χ1v) is 6.74. The van der Waals surface area contributed by atoms with E-state index in [4.69, 9.17) is 10.5 Å². The van der Waals surface area contributed by atoms with E-state index in [0.717, 1.165) is 6.42 Å². The first kappa shape index (κ1) is 16.2. The molecule has 3 N–H and O–H groups in total. The fourth-order valence-corrected chi connectivity index (χ4v) is 1.92. The average Bonchev–Trinajstić information content (AvgIpc) is 2.50. The van der Waals surface area contributed by atoms with Crippen LogP contribution >= 0.6 is 0 Å². The maximum atomic E-state index is 12.0. The monoisotopic (exact) mass is 278 g/mol. The number of nitrogens with one attached hydrogen (secondary N) is 1. The smallest absolute Gasteiger partial charge is 0.333 e. The molecule has 5 nitrogen and oxygen atoms in total. The Labute approximate surface area is 119 Å². The van der Waals surface area contributed by atoms with Gasteiger partial charge in [-0.3, -0.25) is 4.79 Å². The van der Waals surface area contributed by atoms with E-state index in [1.165, 1.54) is 7.11 Å². The predicted octanol–water partition coefficient (Wildman–Crippen LogP) is 1.39. The minimum absolute atomic E-state index is 0.129. The van der Waals surface area contributed by atoms with Crippen LogP contribution in [-0.4, -0.2) is 25.5 Å². The molecule has 2 unspecified atom stereocenters. The minimum atomic E-state index is -0.774. The summed E-state index contributed by atoms with van der Waals surface area (Å²) >= 11 is 0. The molecule has 0 fully saturated rings. The van der Waals surface area contributed by atoms with E-state index in [1.54, 1.807) is 12.1 Å². The lowest BCUT2D eigenvalue weighted by Gasteiger charge is -2.18. The zero-order valence-corrected chi connectivity index (χ0v) is 12.0. The van der Waals surface area contributed by atoms with E-state index in [9.17, 15) is 9.59 Å². The molecule has 1 aromatic rings.